The molecule has 3 heterocycles. The quantitative estimate of drug-likeness (QED) is 0.480. The van der Waals surface area contributed by atoms with Crippen molar-refractivity contribution >= 4 is 5.69 Å². The summed E-state index contributed by atoms with van der Waals surface area (Å²) in [5.41, 5.74) is 1.23. The van der Waals surface area contributed by atoms with Crippen molar-refractivity contribution in [1.29, 1.82) is 0 Å². The fourth-order valence-electron chi connectivity index (χ4n) is 7.09. The zero-order valence-corrected chi connectivity index (χ0v) is 25.1. The maximum atomic E-state index is 5.82. The number of nitrogens with zero attached hydrogens (tertiary/aromatic N) is 3. The maximum absolute atomic E-state index is 5.82. The summed E-state index contributed by atoms with van der Waals surface area (Å²) in [6, 6.07) is 11.6. The predicted octanol–water partition coefficient (Wildman–Crippen LogP) is 5.98. The maximum Gasteiger partial charge on any atom is 0.142 e. The van der Waals surface area contributed by atoms with Crippen LogP contribution in [0.15, 0.2) is 24.3 Å². The third-order valence-electron chi connectivity index (χ3n) is 9.01. The third kappa shape index (κ3) is 7.44. The number of benzene rings is 1. The van der Waals surface area contributed by atoms with Crippen LogP contribution in [0.25, 0.3) is 0 Å². The van der Waals surface area contributed by atoms with Gasteiger partial charge in [-0.2, -0.15) is 0 Å². The summed E-state index contributed by atoms with van der Waals surface area (Å²) in [6.45, 7) is 19.6. The minimum absolute atomic E-state index is 0.546. The fourth-order valence-corrected chi connectivity index (χ4v) is 7.09. The molecule has 1 aromatic rings. The number of fused-ring (bicyclic) bond motifs is 3. The second-order valence-electron chi connectivity index (χ2n) is 12.4. The Balaban J connectivity index is 0.000000133. The van der Waals surface area contributed by atoms with Crippen LogP contribution in [-0.4, -0.2) is 91.7 Å². The first-order chi connectivity index (χ1) is 18.4. The van der Waals surface area contributed by atoms with E-state index in [1.165, 1.54) is 50.6 Å². The van der Waals surface area contributed by atoms with E-state index >= 15 is 0 Å². The molecule has 6 rings (SSSR count). The van der Waals surface area contributed by atoms with E-state index in [9.17, 15) is 0 Å². The first kappa shape index (κ1) is 29.6. The minimum atomic E-state index is 0.546. The predicted molar refractivity (Wildman–Crippen MR) is 157 cm³/mol. The Hall–Kier alpha value is -1.34. The van der Waals surface area contributed by atoms with Gasteiger partial charge in [-0.25, -0.2) is 0 Å². The van der Waals surface area contributed by atoms with Crippen molar-refractivity contribution in [3.63, 3.8) is 0 Å². The van der Waals surface area contributed by atoms with Gasteiger partial charge in [0.1, 0.15) is 12.4 Å². The number of rotatable bonds is 3. The van der Waals surface area contributed by atoms with E-state index in [1.54, 1.807) is 0 Å². The van der Waals surface area contributed by atoms with E-state index < -0.39 is 0 Å². The molecule has 1 aromatic carbocycles. The Bertz CT molecular complexity index is 830. The van der Waals surface area contributed by atoms with Gasteiger partial charge in [-0.1, -0.05) is 25.0 Å². The summed E-state index contributed by atoms with van der Waals surface area (Å²) < 4.78 is 17.1. The van der Waals surface area contributed by atoms with Gasteiger partial charge in [0.15, 0.2) is 0 Å². The molecule has 4 unspecified atom stereocenters. The molecule has 0 amide bonds. The molecule has 6 nitrogen and oxygen atoms in total. The standard InChI is InChI=1S/C11H21NO.C11H15NO.C10H19NO/c2*1-9(2)12-7-8-13-11-6-4-3-5-10(11)12;1-8(2)11-6-7-12-10-5-3-4-9(10)11/h9-11H,3-8H2,1-2H3;3-6,9H,7-8H2,1-2H3;8-10H,3-7H2,1-2H3. The van der Waals surface area contributed by atoms with Crippen molar-refractivity contribution < 1.29 is 14.2 Å². The Kier molecular flexibility index (Phi) is 11.2. The molecule has 4 atom stereocenters. The molecule has 4 fully saturated rings. The molecule has 5 aliphatic rings. The Morgan fingerprint density at radius 3 is 1.79 bits per heavy atom. The average Bonchev–Trinajstić information content (AvgIpc) is 3.42. The van der Waals surface area contributed by atoms with E-state index in [-0.39, 0.29) is 0 Å². The Morgan fingerprint density at radius 2 is 1.18 bits per heavy atom. The third-order valence-corrected chi connectivity index (χ3v) is 9.01. The van der Waals surface area contributed by atoms with Crippen LogP contribution < -0.4 is 9.64 Å². The van der Waals surface area contributed by atoms with Gasteiger partial charge in [0.25, 0.3) is 0 Å². The molecule has 2 aliphatic carbocycles. The summed E-state index contributed by atoms with van der Waals surface area (Å²) in [5, 5.41) is 0. The number of anilines is 1. The lowest BCUT2D eigenvalue weighted by atomic mass is 9.89. The molecule has 0 radical (unpaired) electrons. The van der Waals surface area contributed by atoms with Gasteiger partial charge in [0.05, 0.1) is 37.7 Å². The largest absolute Gasteiger partial charge is 0.490 e. The smallest absolute Gasteiger partial charge is 0.142 e. The van der Waals surface area contributed by atoms with Gasteiger partial charge in [-0.15, -0.1) is 0 Å². The molecular formula is C32H55N3O3. The number of para-hydroxylation sites is 2. The van der Waals surface area contributed by atoms with Crippen LogP contribution in [-0.2, 0) is 9.47 Å². The van der Waals surface area contributed by atoms with Crippen LogP contribution in [0.5, 0.6) is 5.75 Å². The highest BCUT2D eigenvalue weighted by atomic mass is 16.5. The molecule has 0 spiro atoms. The zero-order chi connectivity index (χ0) is 27.1. The van der Waals surface area contributed by atoms with Crippen molar-refractivity contribution in [1.82, 2.24) is 9.80 Å². The number of morpholine rings is 2. The summed E-state index contributed by atoms with van der Waals surface area (Å²) >= 11 is 0. The highest BCUT2D eigenvalue weighted by Gasteiger charge is 2.37. The molecule has 0 aromatic heterocycles. The fraction of sp³-hybridized carbons (Fsp3) is 0.812. The lowest BCUT2D eigenvalue weighted by molar-refractivity contribution is -0.0979. The van der Waals surface area contributed by atoms with Gasteiger partial charge >= 0.3 is 0 Å². The number of hydrogen-bond acceptors (Lipinski definition) is 6. The van der Waals surface area contributed by atoms with E-state index in [0.29, 0.717) is 30.3 Å². The van der Waals surface area contributed by atoms with Crippen LogP contribution in [0.1, 0.15) is 86.5 Å². The van der Waals surface area contributed by atoms with Gasteiger partial charge in [-0.05, 0) is 85.8 Å². The summed E-state index contributed by atoms with van der Waals surface area (Å²) in [7, 11) is 0. The number of hydrogen-bond donors (Lipinski definition) is 0. The summed E-state index contributed by atoms with van der Waals surface area (Å²) in [4.78, 5) is 7.62. The molecule has 0 N–H and O–H groups in total. The van der Waals surface area contributed by atoms with Crippen molar-refractivity contribution in [2.75, 3.05) is 44.4 Å². The molecule has 2 saturated carbocycles. The Labute approximate surface area is 233 Å². The van der Waals surface area contributed by atoms with E-state index in [0.717, 1.165) is 57.3 Å². The lowest BCUT2D eigenvalue weighted by Gasteiger charge is -2.45. The highest BCUT2D eigenvalue weighted by molar-refractivity contribution is 5.60. The lowest BCUT2D eigenvalue weighted by Crippen LogP contribution is -2.54. The Morgan fingerprint density at radius 1 is 0.632 bits per heavy atom. The van der Waals surface area contributed by atoms with E-state index in [1.807, 2.05) is 12.1 Å². The monoisotopic (exact) mass is 529 g/mol. The van der Waals surface area contributed by atoms with Crippen molar-refractivity contribution in [3.8, 4) is 5.75 Å². The summed E-state index contributed by atoms with van der Waals surface area (Å²) in [5.74, 6) is 1.02. The van der Waals surface area contributed by atoms with Crippen molar-refractivity contribution in [3.05, 3.63) is 24.3 Å². The highest BCUT2D eigenvalue weighted by Crippen LogP contribution is 2.33. The van der Waals surface area contributed by atoms with Gasteiger partial charge in [0.2, 0.25) is 0 Å². The minimum Gasteiger partial charge on any atom is -0.490 e. The van der Waals surface area contributed by atoms with E-state index in [2.05, 4.69) is 68.4 Å². The van der Waals surface area contributed by atoms with Crippen molar-refractivity contribution in [2.24, 2.45) is 0 Å². The average molecular weight is 530 g/mol. The molecule has 6 heteroatoms. The van der Waals surface area contributed by atoms with Gasteiger partial charge in [0, 0.05) is 43.3 Å². The van der Waals surface area contributed by atoms with Crippen molar-refractivity contribution in [2.45, 2.75) is 129 Å². The molecular weight excluding hydrogens is 474 g/mol. The van der Waals surface area contributed by atoms with Gasteiger partial charge in [-0.3, -0.25) is 9.80 Å². The molecule has 216 valence electrons. The molecule has 3 aliphatic heterocycles. The van der Waals surface area contributed by atoms with E-state index in [4.69, 9.17) is 14.2 Å². The van der Waals surface area contributed by atoms with Gasteiger partial charge < -0.3 is 19.1 Å². The molecule has 0 bridgehead atoms. The summed E-state index contributed by atoms with van der Waals surface area (Å²) in [6.07, 6.45) is 10.5. The topological polar surface area (TPSA) is 37.4 Å². The molecule has 38 heavy (non-hydrogen) atoms. The second-order valence-corrected chi connectivity index (χ2v) is 12.4. The SMILES string of the molecule is CC(C)N1CCOC2CCCC21.CC(C)N1CCOC2CCCCC21.CC(C)N1CCOc2ccccc21. The first-order valence-electron chi connectivity index (χ1n) is 15.6. The zero-order valence-electron chi connectivity index (χ0n) is 25.1. The first-order valence-corrected chi connectivity index (χ1v) is 15.6. The van der Waals surface area contributed by atoms with Crippen LogP contribution in [0.4, 0.5) is 5.69 Å². The van der Waals surface area contributed by atoms with Crippen LogP contribution in [0.2, 0.25) is 0 Å². The second kappa shape index (κ2) is 14.3. The molecule has 2 saturated heterocycles. The van der Waals surface area contributed by atoms with Crippen LogP contribution >= 0.6 is 0 Å². The number of ether oxygens (including phenoxy) is 3. The van der Waals surface area contributed by atoms with Crippen LogP contribution in [0, 0.1) is 0 Å². The normalized spacial score (nSPS) is 29.4. The van der Waals surface area contributed by atoms with Crippen LogP contribution in [0.3, 0.4) is 0 Å².